The molecule has 0 radical (unpaired) electrons. The predicted molar refractivity (Wildman–Crippen MR) is 76.8 cm³/mol. The highest BCUT2D eigenvalue weighted by atomic mass is 15.1. The Morgan fingerprint density at radius 1 is 1.33 bits per heavy atom. The number of hydrogen-bond donors (Lipinski definition) is 1. The van der Waals surface area contributed by atoms with E-state index in [4.69, 9.17) is 5.73 Å². The summed E-state index contributed by atoms with van der Waals surface area (Å²) >= 11 is 0. The SMILES string of the molecule is CCN(CC1CC1)c1ccc(N)c2cccnc12. The maximum atomic E-state index is 6.02. The second-order valence-electron chi connectivity index (χ2n) is 5.06. The number of nitrogens with zero attached hydrogens (tertiary/aromatic N) is 2. The molecule has 0 aliphatic heterocycles. The lowest BCUT2D eigenvalue weighted by Crippen LogP contribution is -2.25. The molecular weight excluding hydrogens is 222 g/mol. The minimum atomic E-state index is 0.810. The third-order valence-corrected chi connectivity index (χ3v) is 3.68. The first-order chi connectivity index (χ1) is 8.79. The standard InChI is InChI=1S/C15H19N3/c1-2-18(10-11-5-6-11)14-8-7-13(16)12-4-3-9-17-15(12)14/h3-4,7-9,11H,2,5-6,10,16H2,1H3. The number of benzene rings is 1. The lowest BCUT2D eigenvalue weighted by atomic mass is 10.1. The highest BCUT2D eigenvalue weighted by Crippen LogP contribution is 2.34. The molecule has 3 rings (SSSR count). The molecule has 0 amide bonds. The van der Waals surface area contributed by atoms with E-state index in [1.54, 1.807) is 0 Å². The van der Waals surface area contributed by atoms with Crippen LogP contribution in [0.25, 0.3) is 10.9 Å². The van der Waals surface area contributed by atoms with Crippen LogP contribution in [0.3, 0.4) is 0 Å². The Morgan fingerprint density at radius 3 is 2.89 bits per heavy atom. The van der Waals surface area contributed by atoms with Crippen LogP contribution >= 0.6 is 0 Å². The molecule has 1 heterocycles. The van der Waals surface area contributed by atoms with Gasteiger partial charge >= 0.3 is 0 Å². The summed E-state index contributed by atoms with van der Waals surface area (Å²) in [5.74, 6) is 0.876. The van der Waals surface area contributed by atoms with Gasteiger partial charge in [-0.2, -0.15) is 0 Å². The van der Waals surface area contributed by atoms with E-state index in [1.807, 2.05) is 24.4 Å². The van der Waals surface area contributed by atoms with E-state index in [9.17, 15) is 0 Å². The summed E-state index contributed by atoms with van der Waals surface area (Å²) < 4.78 is 0. The van der Waals surface area contributed by atoms with Crippen LogP contribution in [0.2, 0.25) is 0 Å². The van der Waals surface area contributed by atoms with E-state index < -0.39 is 0 Å². The van der Waals surface area contributed by atoms with Crippen LogP contribution in [0.15, 0.2) is 30.5 Å². The van der Waals surface area contributed by atoms with Gasteiger partial charge in [-0.15, -0.1) is 0 Å². The topological polar surface area (TPSA) is 42.1 Å². The molecule has 0 bridgehead atoms. The van der Waals surface area contributed by atoms with Crippen molar-refractivity contribution in [2.24, 2.45) is 5.92 Å². The number of rotatable bonds is 4. The van der Waals surface area contributed by atoms with E-state index in [0.717, 1.165) is 35.6 Å². The molecule has 1 aliphatic carbocycles. The minimum Gasteiger partial charge on any atom is -0.398 e. The van der Waals surface area contributed by atoms with Gasteiger partial charge in [0.25, 0.3) is 0 Å². The van der Waals surface area contributed by atoms with Crippen LogP contribution in [0.1, 0.15) is 19.8 Å². The van der Waals surface area contributed by atoms with Gasteiger partial charge in [0.05, 0.1) is 11.2 Å². The van der Waals surface area contributed by atoms with Crippen molar-refractivity contribution in [2.45, 2.75) is 19.8 Å². The van der Waals surface area contributed by atoms with E-state index in [1.165, 1.54) is 18.5 Å². The van der Waals surface area contributed by atoms with Gasteiger partial charge < -0.3 is 10.6 Å². The lowest BCUT2D eigenvalue weighted by Gasteiger charge is -2.24. The summed E-state index contributed by atoms with van der Waals surface area (Å²) in [6.45, 7) is 4.37. The predicted octanol–water partition coefficient (Wildman–Crippen LogP) is 3.05. The molecule has 0 atom stereocenters. The Bertz CT molecular complexity index is 561. The van der Waals surface area contributed by atoms with Crippen LogP contribution in [0.4, 0.5) is 11.4 Å². The van der Waals surface area contributed by atoms with Crippen molar-refractivity contribution < 1.29 is 0 Å². The number of nitrogen functional groups attached to an aromatic ring is 1. The smallest absolute Gasteiger partial charge is 0.0955 e. The molecule has 1 aromatic heterocycles. The van der Waals surface area contributed by atoms with Gasteiger partial charge in [-0.05, 0) is 49.9 Å². The average Bonchev–Trinajstić information content (AvgIpc) is 3.21. The molecule has 1 aromatic carbocycles. The second-order valence-corrected chi connectivity index (χ2v) is 5.06. The van der Waals surface area contributed by atoms with Crippen LogP contribution in [0.5, 0.6) is 0 Å². The largest absolute Gasteiger partial charge is 0.398 e. The van der Waals surface area contributed by atoms with Gasteiger partial charge in [0.2, 0.25) is 0 Å². The minimum absolute atomic E-state index is 0.810. The Hall–Kier alpha value is -1.77. The lowest BCUT2D eigenvalue weighted by molar-refractivity contribution is 0.744. The number of anilines is 2. The molecule has 3 nitrogen and oxygen atoms in total. The van der Waals surface area contributed by atoms with Crippen molar-refractivity contribution in [3.05, 3.63) is 30.5 Å². The zero-order valence-electron chi connectivity index (χ0n) is 10.8. The Kier molecular flexibility index (Phi) is 2.82. The monoisotopic (exact) mass is 241 g/mol. The van der Waals surface area contributed by atoms with Crippen molar-refractivity contribution >= 4 is 22.3 Å². The fourth-order valence-corrected chi connectivity index (χ4v) is 2.44. The number of aromatic nitrogens is 1. The van der Waals surface area contributed by atoms with E-state index in [2.05, 4.69) is 22.9 Å². The van der Waals surface area contributed by atoms with Crippen LogP contribution in [-0.2, 0) is 0 Å². The second kappa shape index (κ2) is 4.48. The van der Waals surface area contributed by atoms with E-state index >= 15 is 0 Å². The number of pyridine rings is 1. The molecule has 3 heteroatoms. The zero-order valence-corrected chi connectivity index (χ0v) is 10.8. The first kappa shape index (κ1) is 11.3. The molecular formula is C15H19N3. The first-order valence-corrected chi connectivity index (χ1v) is 6.67. The highest BCUT2D eigenvalue weighted by Gasteiger charge is 2.24. The molecule has 94 valence electrons. The number of fused-ring (bicyclic) bond motifs is 1. The summed E-state index contributed by atoms with van der Waals surface area (Å²) in [6.07, 6.45) is 4.59. The summed E-state index contributed by atoms with van der Waals surface area (Å²) in [6, 6.07) is 8.09. The summed E-state index contributed by atoms with van der Waals surface area (Å²) in [5.41, 5.74) is 9.08. The Balaban J connectivity index is 2.06. The third kappa shape index (κ3) is 2.01. The van der Waals surface area contributed by atoms with Crippen molar-refractivity contribution in [2.75, 3.05) is 23.7 Å². The molecule has 0 unspecified atom stereocenters. The molecule has 1 saturated carbocycles. The molecule has 1 fully saturated rings. The normalized spacial score (nSPS) is 14.9. The molecule has 18 heavy (non-hydrogen) atoms. The quantitative estimate of drug-likeness (QED) is 0.836. The zero-order chi connectivity index (χ0) is 12.5. The van der Waals surface area contributed by atoms with Gasteiger partial charge in [-0.25, -0.2) is 0 Å². The van der Waals surface area contributed by atoms with Crippen molar-refractivity contribution in [1.82, 2.24) is 4.98 Å². The average molecular weight is 241 g/mol. The van der Waals surface area contributed by atoms with Crippen LogP contribution < -0.4 is 10.6 Å². The summed E-state index contributed by atoms with van der Waals surface area (Å²) in [5, 5.41) is 1.06. The van der Waals surface area contributed by atoms with Crippen molar-refractivity contribution in [3.63, 3.8) is 0 Å². The van der Waals surface area contributed by atoms with Crippen LogP contribution in [0, 0.1) is 5.92 Å². The third-order valence-electron chi connectivity index (χ3n) is 3.68. The van der Waals surface area contributed by atoms with Crippen molar-refractivity contribution in [3.8, 4) is 0 Å². The van der Waals surface area contributed by atoms with Crippen molar-refractivity contribution in [1.29, 1.82) is 0 Å². The van der Waals surface area contributed by atoms with Gasteiger partial charge in [0.15, 0.2) is 0 Å². The number of hydrogen-bond acceptors (Lipinski definition) is 3. The number of nitrogens with two attached hydrogens (primary N) is 1. The summed E-state index contributed by atoms with van der Waals surface area (Å²) in [7, 11) is 0. The maximum Gasteiger partial charge on any atom is 0.0955 e. The van der Waals surface area contributed by atoms with E-state index in [-0.39, 0.29) is 0 Å². The molecule has 2 N–H and O–H groups in total. The molecule has 0 spiro atoms. The van der Waals surface area contributed by atoms with E-state index in [0.29, 0.717) is 0 Å². The molecule has 1 aliphatic rings. The van der Waals surface area contributed by atoms with Gasteiger partial charge in [-0.3, -0.25) is 4.98 Å². The van der Waals surface area contributed by atoms with Crippen LogP contribution in [-0.4, -0.2) is 18.1 Å². The Morgan fingerprint density at radius 2 is 2.17 bits per heavy atom. The maximum absolute atomic E-state index is 6.02. The van der Waals surface area contributed by atoms with Gasteiger partial charge in [-0.1, -0.05) is 0 Å². The first-order valence-electron chi connectivity index (χ1n) is 6.67. The molecule has 2 aromatic rings. The van der Waals surface area contributed by atoms with Gasteiger partial charge in [0, 0.05) is 30.4 Å². The summed E-state index contributed by atoms with van der Waals surface area (Å²) in [4.78, 5) is 6.94. The van der Waals surface area contributed by atoms with Gasteiger partial charge in [0.1, 0.15) is 0 Å². The fourth-order valence-electron chi connectivity index (χ4n) is 2.44. The highest BCUT2D eigenvalue weighted by molar-refractivity contribution is 5.98. The fraction of sp³-hybridized carbons (Fsp3) is 0.400. The molecule has 0 saturated heterocycles. The Labute approximate surface area is 108 Å².